The van der Waals surface area contributed by atoms with E-state index in [4.69, 9.17) is 4.74 Å². The number of nitrogens with zero attached hydrogens (tertiary/aromatic N) is 3. The summed E-state index contributed by atoms with van der Waals surface area (Å²) in [6.45, 7) is 8.54. The fourth-order valence-electron chi connectivity index (χ4n) is 7.90. The predicted octanol–water partition coefficient (Wildman–Crippen LogP) is 4.22. The van der Waals surface area contributed by atoms with Crippen molar-refractivity contribution < 1.29 is 37.1 Å². The summed E-state index contributed by atoms with van der Waals surface area (Å²) in [5.41, 5.74) is -1.49. The number of rotatable bonds is 7. The molecule has 5 amide bonds. The van der Waals surface area contributed by atoms with E-state index in [2.05, 4.69) is 20.3 Å². The van der Waals surface area contributed by atoms with Crippen LogP contribution in [0.1, 0.15) is 87.5 Å². The van der Waals surface area contributed by atoms with Gasteiger partial charge in [-0.2, -0.15) is 0 Å². The molecule has 5 aliphatic rings. The van der Waals surface area contributed by atoms with Crippen LogP contribution in [0.15, 0.2) is 29.7 Å². The predicted molar refractivity (Wildman–Crippen MR) is 208 cm³/mol. The van der Waals surface area contributed by atoms with E-state index in [0.29, 0.717) is 37.8 Å². The molecule has 2 saturated carbocycles. The lowest BCUT2D eigenvalue weighted by atomic mass is 9.93. The number of sulfonamides is 1. The standard InChI is InChI=1S/C38H50N6O8S3/c1-22-12-15-29(54-22)32-39-28(20-53-32)33(46)43-17-23-18-44-30(26(23)19-43)31(45)41-38(35(48)42-55(50,51)25-13-14-25)16-24(38)10-8-6-5-7-9-11-27(34(44)47)40-36(49)52-21-37(2,3)4/h8,10,12,15,20,23-27,30H,5-7,9,11,13-14,16-19,21H2,1-4H3,(H,40,49)(H,41,45)(H,42,48)/b10-8-/t23-,24+,26-,27-,30-,38+/m0/s1. The van der Waals surface area contributed by atoms with Gasteiger partial charge in [-0.1, -0.05) is 45.8 Å². The van der Waals surface area contributed by atoms with Gasteiger partial charge in [0.15, 0.2) is 0 Å². The van der Waals surface area contributed by atoms with Crippen molar-refractivity contribution in [1.82, 2.24) is 30.1 Å². The second-order valence-corrected chi connectivity index (χ2v) is 21.0. The summed E-state index contributed by atoms with van der Waals surface area (Å²) in [6, 6.07) is 1.92. The van der Waals surface area contributed by atoms with Crippen molar-refractivity contribution in [2.45, 2.75) is 102 Å². The van der Waals surface area contributed by atoms with Crippen molar-refractivity contribution in [3.8, 4) is 9.88 Å². The molecular weight excluding hydrogens is 765 g/mol. The smallest absolute Gasteiger partial charge is 0.407 e. The average Bonchev–Trinajstić information content (AvgIpc) is 3.83. The zero-order valence-corrected chi connectivity index (χ0v) is 34.1. The number of amides is 5. The van der Waals surface area contributed by atoms with Crippen LogP contribution in [0.25, 0.3) is 9.88 Å². The maximum absolute atomic E-state index is 14.6. The summed E-state index contributed by atoms with van der Waals surface area (Å²) >= 11 is 2.99. The van der Waals surface area contributed by atoms with E-state index >= 15 is 0 Å². The molecule has 14 nitrogen and oxygen atoms in total. The first-order valence-electron chi connectivity index (χ1n) is 19.1. The number of fused-ring (bicyclic) bond motifs is 4. The molecule has 0 radical (unpaired) electrons. The van der Waals surface area contributed by atoms with Crippen LogP contribution in [-0.2, 0) is 29.1 Å². The summed E-state index contributed by atoms with van der Waals surface area (Å²) < 4.78 is 33.5. The Hall–Kier alpha value is -3.83. The maximum atomic E-state index is 14.6. The molecular formula is C38H50N6O8S3. The van der Waals surface area contributed by atoms with Gasteiger partial charge in [0.25, 0.3) is 11.8 Å². The highest BCUT2D eigenvalue weighted by molar-refractivity contribution is 7.91. The van der Waals surface area contributed by atoms with Crippen LogP contribution in [0.4, 0.5) is 4.79 Å². The molecule has 17 heteroatoms. The fourth-order valence-corrected chi connectivity index (χ4v) is 11.0. The summed E-state index contributed by atoms with van der Waals surface area (Å²) in [6.07, 6.45) is 7.49. The van der Waals surface area contributed by atoms with Gasteiger partial charge in [-0.05, 0) is 63.0 Å². The van der Waals surface area contributed by atoms with Crippen molar-refractivity contribution in [2.75, 3.05) is 26.2 Å². The van der Waals surface area contributed by atoms with E-state index in [1.807, 2.05) is 52.0 Å². The van der Waals surface area contributed by atoms with Crippen LogP contribution < -0.4 is 15.4 Å². The number of likely N-dealkylation sites (tertiary alicyclic amines) is 1. The Kier molecular flexibility index (Phi) is 10.9. The Morgan fingerprint density at radius 1 is 1.07 bits per heavy atom. The number of thiophene rings is 1. The van der Waals surface area contributed by atoms with Crippen LogP contribution in [0, 0.1) is 30.1 Å². The van der Waals surface area contributed by atoms with E-state index in [1.165, 1.54) is 16.2 Å². The minimum Gasteiger partial charge on any atom is -0.449 e. The number of nitrogens with one attached hydrogen (secondary N) is 3. The molecule has 0 spiro atoms. The van der Waals surface area contributed by atoms with Gasteiger partial charge in [0, 0.05) is 47.6 Å². The fraction of sp³-hybridized carbons (Fsp3) is 0.632. The summed E-state index contributed by atoms with van der Waals surface area (Å²) in [5.74, 6) is -3.29. The number of alkyl carbamates (subject to hydrolysis) is 1. The number of thiazole rings is 1. The van der Waals surface area contributed by atoms with Gasteiger partial charge < -0.3 is 25.2 Å². The van der Waals surface area contributed by atoms with Crippen molar-refractivity contribution in [3.63, 3.8) is 0 Å². The van der Waals surface area contributed by atoms with Crippen molar-refractivity contribution in [1.29, 1.82) is 0 Å². The molecule has 2 aromatic heterocycles. The molecule has 55 heavy (non-hydrogen) atoms. The van der Waals surface area contributed by atoms with E-state index < -0.39 is 68.5 Å². The van der Waals surface area contributed by atoms with Gasteiger partial charge in [0.2, 0.25) is 21.8 Å². The SMILES string of the molecule is Cc1ccc(-c2nc(C(=O)N3C[C@H]4CN5C(=O)[C@@H](NC(=O)OCC(C)(C)C)CCCCC/C=C\[C@@H]6C[C@@]6(C(=O)NS(=O)(=O)C6CC6)NC(=O)[C@@H]5[C@H]4C3)cs2)s1. The third-order valence-electron chi connectivity index (χ3n) is 11.1. The summed E-state index contributed by atoms with van der Waals surface area (Å²) in [5, 5.41) is 7.56. The first kappa shape index (κ1) is 39.4. The minimum absolute atomic E-state index is 0.143. The zero-order valence-electron chi connectivity index (χ0n) is 31.7. The van der Waals surface area contributed by atoms with Crippen LogP contribution in [0.5, 0.6) is 0 Å². The molecule has 2 saturated heterocycles. The van der Waals surface area contributed by atoms with Gasteiger partial charge in [-0.25, -0.2) is 18.2 Å². The topological polar surface area (TPSA) is 184 Å². The number of hydrogen-bond acceptors (Lipinski definition) is 11. The number of allylic oxidation sites excluding steroid dienone is 1. The molecule has 5 heterocycles. The van der Waals surface area contributed by atoms with Crippen LogP contribution in [-0.4, -0.2) is 102 Å². The van der Waals surface area contributed by atoms with Crippen molar-refractivity contribution >= 4 is 62.4 Å². The third kappa shape index (κ3) is 8.63. The molecule has 2 aliphatic carbocycles. The van der Waals surface area contributed by atoms with Gasteiger partial charge in [-0.15, -0.1) is 22.7 Å². The highest BCUT2D eigenvalue weighted by Crippen LogP contribution is 2.47. The lowest BCUT2D eigenvalue weighted by Crippen LogP contribution is -2.60. The molecule has 0 aromatic carbocycles. The van der Waals surface area contributed by atoms with E-state index in [0.717, 1.165) is 27.6 Å². The molecule has 298 valence electrons. The molecule has 4 fully saturated rings. The number of aromatic nitrogens is 1. The number of ether oxygens (including phenoxy) is 1. The largest absolute Gasteiger partial charge is 0.449 e. The lowest BCUT2D eigenvalue weighted by molar-refractivity contribution is -0.142. The molecule has 0 unspecified atom stereocenters. The second-order valence-electron chi connectivity index (χ2n) is 16.9. The molecule has 2 aromatic rings. The van der Waals surface area contributed by atoms with Gasteiger partial charge in [0.05, 0.1) is 16.7 Å². The van der Waals surface area contributed by atoms with Crippen LogP contribution in [0.3, 0.4) is 0 Å². The van der Waals surface area contributed by atoms with Crippen molar-refractivity contribution in [2.24, 2.45) is 23.2 Å². The highest BCUT2D eigenvalue weighted by Gasteiger charge is 2.63. The lowest BCUT2D eigenvalue weighted by Gasteiger charge is -2.33. The Bertz CT molecular complexity index is 1980. The Labute approximate surface area is 329 Å². The van der Waals surface area contributed by atoms with E-state index in [1.54, 1.807) is 21.6 Å². The number of aryl methyl sites for hydroxylation is 1. The Morgan fingerprint density at radius 2 is 1.85 bits per heavy atom. The van der Waals surface area contributed by atoms with E-state index in [9.17, 15) is 32.4 Å². The second kappa shape index (κ2) is 15.3. The monoisotopic (exact) mass is 814 g/mol. The number of carbonyl (C=O) groups excluding carboxylic acids is 5. The summed E-state index contributed by atoms with van der Waals surface area (Å²) in [4.78, 5) is 79.8. The Morgan fingerprint density at radius 3 is 2.56 bits per heavy atom. The van der Waals surface area contributed by atoms with Gasteiger partial charge in [-0.3, -0.25) is 23.9 Å². The Balaban J connectivity index is 1.16. The van der Waals surface area contributed by atoms with Crippen molar-refractivity contribution in [3.05, 3.63) is 40.2 Å². The highest BCUT2D eigenvalue weighted by atomic mass is 32.2. The number of hydrogen-bond donors (Lipinski definition) is 3. The normalized spacial score (nSPS) is 29.2. The molecule has 7 rings (SSSR count). The summed E-state index contributed by atoms with van der Waals surface area (Å²) in [7, 11) is -3.90. The zero-order chi connectivity index (χ0) is 39.3. The minimum atomic E-state index is -3.90. The molecule has 3 N–H and O–H groups in total. The van der Waals surface area contributed by atoms with E-state index in [-0.39, 0.29) is 49.9 Å². The maximum Gasteiger partial charge on any atom is 0.407 e. The number of carbonyl (C=O) groups is 5. The molecule has 3 aliphatic heterocycles. The van der Waals surface area contributed by atoms with Gasteiger partial charge >= 0.3 is 6.09 Å². The molecule has 0 bridgehead atoms. The third-order valence-corrected chi connectivity index (χ3v) is 14.9. The van der Waals surface area contributed by atoms with Crippen LogP contribution >= 0.6 is 22.7 Å². The van der Waals surface area contributed by atoms with Gasteiger partial charge in [0.1, 0.15) is 28.3 Å². The quantitative estimate of drug-likeness (QED) is 0.345. The first-order chi connectivity index (χ1) is 26.0. The molecule has 6 atom stereocenters. The van der Waals surface area contributed by atoms with Crippen LogP contribution in [0.2, 0.25) is 0 Å². The first-order valence-corrected chi connectivity index (χ1v) is 22.4. The average molecular weight is 815 g/mol.